The Balaban J connectivity index is 1.58. The van der Waals surface area contributed by atoms with E-state index in [0.717, 1.165) is 32.7 Å². The summed E-state index contributed by atoms with van der Waals surface area (Å²) >= 11 is 0. The van der Waals surface area contributed by atoms with E-state index in [0.29, 0.717) is 19.1 Å². The Hall–Kier alpha value is -1.59. The third-order valence-corrected chi connectivity index (χ3v) is 5.87. The van der Waals surface area contributed by atoms with Crippen molar-refractivity contribution in [3.63, 3.8) is 0 Å². The second kappa shape index (κ2) is 8.87. The van der Waals surface area contributed by atoms with Gasteiger partial charge in [0.25, 0.3) is 0 Å². The number of aryl methyl sites for hydroxylation is 1. The van der Waals surface area contributed by atoms with Crippen LogP contribution in [0.25, 0.3) is 0 Å². The number of anilines is 1. The highest BCUT2D eigenvalue weighted by Crippen LogP contribution is 2.31. The summed E-state index contributed by atoms with van der Waals surface area (Å²) in [6.45, 7) is 10.7. The van der Waals surface area contributed by atoms with E-state index in [-0.39, 0.29) is 5.97 Å². The first-order chi connectivity index (χ1) is 12.6. The third-order valence-electron chi connectivity index (χ3n) is 5.87. The highest BCUT2D eigenvalue weighted by atomic mass is 16.5. The maximum atomic E-state index is 11.5. The highest BCUT2D eigenvalue weighted by Gasteiger charge is 2.22. The fourth-order valence-corrected chi connectivity index (χ4v) is 4.06. The van der Waals surface area contributed by atoms with Crippen LogP contribution >= 0.6 is 0 Å². The van der Waals surface area contributed by atoms with Crippen LogP contribution in [0.4, 0.5) is 5.69 Å². The molecular formula is C21H33N3O2. The molecule has 2 heterocycles. The number of carbonyl (C=O) groups excluding carboxylic acids is 1. The van der Waals surface area contributed by atoms with Crippen LogP contribution in [-0.2, 0) is 16.0 Å². The molecule has 1 atom stereocenters. The standard InChI is InChI=1S/C21H33N3O2/c1-4-26-21(25)9-11-23-12-14-24(15-13-23)19-8-7-18-6-5-10-22(3)17(2)20(18)16-19/h7-8,16-17H,4-6,9-15H2,1-3H3/t17-/m0/s1. The molecular weight excluding hydrogens is 326 g/mol. The summed E-state index contributed by atoms with van der Waals surface area (Å²) in [5, 5.41) is 0. The number of carbonyl (C=O) groups is 1. The third kappa shape index (κ3) is 4.57. The minimum absolute atomic E-state index is 0.0845. The van der Waals surface area contributed by atoms with Crippen LogP contribution in [0.2, 0.25) is 0 Å². The number of hydrogen-bond acceptors (Lipinski definition) is 5. The molecule has 0 amide bonds. The lowest BCUT2D eigenvalue weighted by Crippen LogP contribution is -2.47. The van der Waals surface area contributed by atoms with Crippen LogP contribution in [-0.4, -0.2) is 68.7 Å². The van der Waals surface area contributed by atoms with E-state index in [1.165, 1.54) is 36.2 Å². The second-order valence-corrected chi connectivity index (χ2v) is 7.53. The number of hydrogen-bond donors (Lipinski definition) is 0. The molecule has 0 aliphatic carbocycles. The molecule has 1 saturated heterocycles. The Morgan fingerprint density at radius 1 is 1.19 bits per heavy atom. The smallest absolute Gasteiger partial charge is 0.307 e. The van der Waals surface area contributed by atoms with Gasteiger partial charge in [-0.15, -0.1) is 0 Å². The molecule has 2 aliphatic heterocycles. The fraction of sp³-hybridized carbons (Fsp3) is 0.667. The molecule has 5 nitrogen and oxygen atoms in total. The van der Waals surface area contributed by atoms with E-state index < -0.39 is 0 Å². The molecule has 0 radical (unpaired) electrons. The van der Waals surface area contributed by atoms with Gasteiger partial charge in [-0.25, -0.2) is 0 Å². The second-order valence-electron chi connectivity index (χ2n) is 7.53. The van der Waals surface area contributed by atoms with Crippen molar-refractivity contribution in [3.8, 4) is 0 Å². The zero-order valence-corrected chi connectivity index (χ0v) is 16.5. The monoisotopic (exact) mass is 359 g/mol. The molecule has 1 aromatic carbocycles. The molecule has 144 valence electrons. The van der Waals surface area contributed by atoms with Crippen LogP contribution in [0.5, 0.6) is 0 Å². The van der Waals surface area contributed by atoms with E-state index in [9.17, 15) is 4.79 Å². The van der Waals surface area contributed by atoms with Crippen molar-refractivity contribution in [3.05, 3.63) is 29.3 Å². The number of ether oxygens (including phenoxy) is 1. The Bertz CT molecular complexity index is 611. The Labute approximate surface area is 157 Å². The maximum Gasteiger partial charge on any atom is 0.307 e. The van der Waals surface area contributed by atoms with Gasteiger partial charge in [0.1, 0.15) is 0 Å². The van der Waals surface area contributed by atoms with Crippen LogP contribution in [0.15, 0.2) is 18.2 Å². The summed E-state index contributed by atoms with van der Waals surface area (Å²) in [5.74, 6) is -0.0845. The Kier molecular flexibility index (Phi) is 6.54. The summed E-state index contributed by atoms with van der Waals surface area (Å²) in [6.07, 6.45) is 2.93. The largest absolute Gasteiger partial charge is 0.466 e. The van der Waals surface area contributed by atoms with Crippen LogP contribution < -0.4 is 4.90 Å². The molecule has 0 bridgehead atoms. The first kappa shape index (κ1) is 19.2. The predicted octanol–water partition coefficient (Wildman–Crippen LogP) is 2.70. The summed E-state index contributed by atoms with van der Waals surface area (Å²) < 4.78 is 5.03. The van der Waals surface area contributed by atoms with Gasteiger partial charge in [-0.3, -0.25) is 14.6 Å². The van der Waals surface area contributed by atoms with Crippen molar-refractivity contribution in [2.24, 2.45) is 0 Å². The molecule has 0 aromatic heterocycles. The van der Waals surface area contributed by atoms with Crippen molar-refractivity contribution in [2.45, 2.75) is 39.2 Å². The summed E-state index contributed by atoms with van der Waals surface area (Å²) in [5.41, 5.74) is 4.35. The average Bonchev–Trinajstić information content (AvgIpc) is 2.79. The van der Waals surface area contributed by atoms with Crippen LogP contribution in [0.1, 0.15) is 43.9 Å². The molecule has 3 rings (SSSR count). The quantitative estimate of drug-likeness (QED) is 0.756. The predicted molar refractivity (Wildman–Crippen MR) is 106 cm³/mol. The van der Waals surface area contributed by atoms with Gasteiger partial charge >= 0.3 is 5.97 Å². The first-order valence-corrected chi connectivity index (χ1v) is 10.0. The Morgan fingerprint density at radius 3 is 2.69 bits per heavy atom. The molecule has 0 spiro atoms. The molecule has 1 fully saturated rings. The molecule has 0 unspecified atom stereocenters. The number of piperazine rings is 1. The zero-order valence-electron chi connectivity index (χ0n) is 16.5. The minimum atomic E-state index is -0.0845. The highest BCUT2D eigenvalue weighted by molar-refractivity contribution is 5.69. The van der Waals surface area contributed by atoms with E-state index >= 15 is 0 Å². The molecule has 5 heteroatoms. The molecule has 0 saturated carbocycles. The molecule has 1 aromatic rings. The summed E-state index contributed by atoms with van der Waals surface area (Å²) in [7, 11) is 2.23. The molecule has 0 N–H and O–H groups in total. The average molecular weight is 360 g/mol. The van der Waals surface area contributed by atoms with Gasteiger partial charge in [-0.2, -0.15) is 0 Å². The van der Waals surface area contributed by atoms with Crippen molar-refractivity contribution in [1.29, 1.82) is 0 Å². The van der Waals surface area contributed by atoms with Gasteiger partial charge < -0.3 is 9.64 Å². The molecule has 26 heavy (non-hydrogen) atoms. The van der Waals surface area contributed by atoms with Gasteiger partial charge in [0.05, 0.1) is 13.0 Å². The number of esters is 1. The van der Waals surface area contributed by atoms with E-state index in [4.69, 9.17) is 4.74 Å². The van der Waals surface area contributed by atoms with Crippen molar-refractivity contribution < 1.29 is 9.53 Å². The zero-order chi connectivity index (χ0) is 18.5. The van der Waals surface area contributed by atoms with Gasteiger partial charge in [0, 0.05) is 44.5 Å². The van der Waals surface area contributed by atoms with E-state index in [1.807, 2.05) is 6.92 Å². The van der Waals surface area contributed by atoms with E-state index in [1.54, 1.807) is 0 Å². The maximum absolute atomic E-state index is 11.5. The number of rotatable bonds is 5. The SMILES string of the molecule is CCOC(=O)CCN1CCN(c2ccc3c(c2)[C@H](C)N(C)CCC3)CC1. The van der Waals surface area contributed by atoms with Gasteiger partial charge in [0.15, 0.2) is 0 Å². The summed E-state index contributed by atoms with van der Waals surface area (Å²) in [6, 6.07) is 7.53. The van der Waals surface area contributed by atoms with Crippen LogP contribution in [0, 0.1) is 0 Å². The lowest BCUT2D eigenvalue weighted by Gasteiger charge is -2.36. The summed E-state index contributed by atoms with van der Waals surface area (Å²) in [4.78, 5) is 18.8. The Morgan fingerprint density at radius 2 is 1.96 bits per heavy atom. The van der Waals surface area contributed by atoms with Gasteiger partial charge in [-0.05, 0) is 63.5 Å². The van der Waals surface area contributed by atoms with E-state index in [2.05, 4.69) is 46.9 Å². The van der Waals surface area contributed by atoms with Crippen molar-refractivity contribution in [2.75, 3.05) is 57.8 Å². The lowest BCUT2D eigenvalue weighted by atomic mass is 9.98. The van der Waals surface area contributed by atoms with Gasteiger partial charge in [0.2, 0.25) is 0 Å². The van der Waals surface area contributed by atoms with Crippen molar-refractivity contribution >= 4 is 11.7 Å². The topological polar surface area (TPSA) is 36.0 Å². The minimum Gasteiger partial charge on any atom is -0.466 e. The lowest BCUT2D eigenvalue weighted by molar-refractivity contribution is -0.143. The number of benzene rings is 1. The number of fused-ring (bicyclic) bond motifs is 1. The van der Waals surface area contributed by atoms with Crippen LogP contribution in [0.3, 0.4) is 0 Å². The molecule has 2 aliphatic rings. The normalized spacial score (nSPS) is 22.0. The fourth-order valence-electron chi connectivity index (χ4n) is 4.06. The number of nitrogens with zero attached hydrogens (tertiary/aromatic N) is 3. The first-order valence-electron chi connectivity index (χ1n) is 10.0. The van der Waals surface area contributed by atoms with Crippen molar-refractivity contribution in [1.82, 2.24) is 9.80 Å². The van der Waals surface area contributed by atoms with Gasteiger partial charge in [-0.1, -0.05) is 6.07 Å².